The van der Waals surface area contributed by atoms with E-state index in [0.29, 0.717) is 0 Å². The van der Waals surface area contributed by atoms with E-state index in [9.17, 15) is 19.5 Å². The van der Waals surface area contributed by atoms with Gasteiger partial charge < -0.3 is 9.84 Å². The number of Topliss-reactive ketones (excluding diaryl/α,β-unsaturated/α-hetero) is 1. The predicted octanol–water partition coefficient (Wildman–Crippen LogP) is 1.59. The van der Waals surface area contributed by atoms with Crippen molar-refractivity contribution in [1.82, 2.24) is 0 Å². The highest BCUT2D eigenvalue weighted by atomic mass is 16.5. The Morgan fingerprint density at radius 1 is 1.19 bits per heavy atom. The summed E-state index contributed by atoms with van der Waals surface area (Å²) in [6.45, 7) is 1.68. The Hall–Kier alpha value is -2.27. The largest absolute Gasteiger partial charge is 0.455 e. The molecule has 5 heteroatoms. The number of rotatable bonds is 8. The molecular weight excluding hydrogens is 272 g/mol. The van der Waals surface area contributed by atoms with Crippen molar-refractivity contribution in [2.45, 2.75) is 32.5 Å². The van der Waals surface area contributed by atoms with Gasteiger partial charge in [0, 0.05) is 12.8 Å². The van der Waals surface area contributed by atoms with E-state index in [0.717, 1.165) is 5.56 Å². The maximum absolute atomic E-state index is 11.6. The molecule has 0 spiro atoms. The number of aliphatic hydroxyl groups excluding tert-OH is 1. The molecule has 0 heterocycles. The molecule has 0 fully saturated rings. The van der Waals surface area contributed by atoms with Gasteiger partial charge in [-0.1, -0.05) is 36.4 Å². The van der Waals surface area contributed by atoms with Crippen molar-refractivity contribution >= 4 is 17.5 Å². The van der Waals surface area contributed by atoms with Crippen molar-refractivity contribution in [1.29, 1.82) is 0 Å². The van der Waals surface area contributed by atoms with Crippen molar-refractivity contribution in [3.05, 3.63) is 48.0 Å². The molecule has 0 aliphatic carbocycles. The molecule has 1 rings (SSSR count). The fourth-order valence-corrected chi connectivity index (χ4v) is 1.66. The van der Waals surface area contributed by atoms with E-state index in [1.165, 1.54) is 6.08 Å². The number of hydrogen-bond acceptors (Lipinski definition) is 5. The summed E-state index contributed by atoms with van der Waals surface area (Å²) in [5.74, 6) is -2.14. The fourth-order valence-electron chi connectivity index (χ4n) is 1.66. The number of benzene rings is 1. The molecule has 1 N–H and O–H groups in total. The van der Waals surface area contributed by atoms with Gasteiger partial charge in [0.15, 0.2) is 5.78 Å². The Kier molecular flexibility index (Phi) is 7.04. The maximum Gasteiger partial charge on any atom is 0.375 e. The Morgan fingerprint density at radius 3 is 2.48 bits per heavy atom. The van der Waals surface area contributed by atoms with Gasteiger partial charge in [0.1, 0.15) is 6.61 Å². The lowest BCUT2D eigenvalue weighted by atomic mass is 10.1. The average molecular weight is 290 g/mol. The molecule has 112 valence electrons. The molecular formula is C16H18O5. The highest BCUT2D eigenvalue weighted by Gasteiger charge is 2.21. The van der Waals surface area contributed by atoms with Crippen LogP contribution in [0, 0.1) is 0 Å². The second-order valence-electron chi connectivity index (χ2n) is 4.51. The monoisotopic (exact) mass is 290 g/mol. The highest BCUT2D eigenvalue weighted by molar-refractivity contribution is 6.33. The zero-order valence-corrected chi connectivity index (χ0v) is 11.8. The van der Waals surface area contributed by atoms with Crippen LogP contribution in [0.15, 0.2) is 42.5 Å². The Balaban J connectivity index is 2.37. The molecule has 0 aliphatic rings. The zero-order chi connectivity index (χ0) is 15.7. The normalized spacial score (nSPS) is 12.1. The molecule has 0 saturated heterocycles. The summed E-state index contributed by atoms with van der Waals surface area (Å²) in [7, 11) is 0. The smallest absolute Gasteiger partial charge is 0.375 e. The molecule has 0 radical (unpaired) electrons. The number of ether oxygens (including phenoxy) is 1. The molecule has 1 aromatic carbocycles. The lowest BCUT2D eigenvalue weighted by Crippen LogP contribution is -2.24. The number of allylic oxidation sites excluding steroid dienone is 2. The second-order valence-corrected chi connectivity index (χ2v) is 4.51. The molecule has 0 aliphatic heterocycles. The summed E-state index contributed by atoms with van der Waals surface area (Å²) in [5, 5.41) is 9.57. The second kappa shape index (κ2) is 8.81. The Bertz CT molecular complexity index is 519. The first kappa shape index (κ1) is 16.8. The van der Waals surface area contributed by atoms with E-state index in [1.807, 2.05) is 6.07 Å². The Labute approximate surface area is 123 Å². The van der Waals surface area contributed by atoms with Crippen LogP contribution in [0.5, 0.6) is 0 Å². The van der Waals surface area contributed by atoms with Crippen molar-refractivity contribution in [3.63, 3.8) is 0 Å². The predicted molar refractivity (Wildman–Crippen MR) is 76.3 cm³/mol. The molecule has 1 aromatic rings. The molecule has 21 heavy (non-hydrogen) atoms. The minimum atomic E-state index is -1.18. The molecule has 1 atom stereocenters. The standard InChI is InChI=1S/C16H18O5/c1-2-6-13(17)9-14(18)10-15(19)16(20)21-11-12-7-4-3-5-8-12/h2-8,14,18H,9-11H2,1H3/b6-2+. The highest BCUT2D eigenvalue weighted by Crippen LogP contribution is 2.05. The van der Waals surface area contributed by atoms with Gasteiger partial charge >= 0.3 is 5.97 Å². The third kappa shape index (κ3) is 6.63. The van der Waals surface area contributed by atoms with Gasteiger partial charge in [-0.05, 0) is 18.6 Å². The third-order valence-corrected chi connectivity index (χ3v) is 2.65. The van der Waals surface area contributed by atoms with Crippen LogP contribution in [0.3, 0.4) is 0 Å². The van der Waals surface area contributed by atoms with Crippen LogP contribution >= 0.6 is 0 Å². The topological polar surface area (TPSA) is 80.7 Å². The van der Waals surface area contributed by atoms with Crippen molar-refractivity contribution in [2.75, 3.05) is 0 Å². The van der Waals surface area contributed by atoms with Crippen LogP contribution in [0.4, 0.5) is 0 Å². The van der Waals surface area contributed by atoms with E-state index in [2.05, 4.69) is 0 Å². The summed E-state index contributed by atoms with van der Waals surface area (Å²) >= 11 is 0. The van der Waals surface area contributed by atoms with E-state index in [-0.39, 0.29) is 18.8 Å². The summed E-state index contributed by atoms with van der Waals surface area (Å²) in [6, 6.07) is 8.95. The SMILES string of the molecule is C/C=C/C(=O)CC(O)CC(=O)C(=O)OCc1ccccc1. The van der Waals surface area contributed by atoms with Crippen LogP contribution in [0.2, 0.25) is 0 Å². The molecule has 0 amide bonds. The summed E-state index contributed by atoms with van der Waals surface area (Å²) in [6.07, 6.45) is 1.07. The van der Waals surface area contributed by atoms with Gasteiger partial charge in [0.25, 0.3) is 0 Å². The summed E-state index contributed by atoms with van der Waals surface area (Å²) in [4.78, 5) is 34.3. The van der Waals surface area contributed by atoms with E-state index < -0.39 is 24.3 Å². The minimum absolute atomic E-state index is 0.000981. The number of hydrogen-bond donors (Lipinski definition) is 1. The third-order valence-electron chi connectivity index (χ3n) is 2.65. The van der Waals surface area contributed by atoms with Crippen LogP contribution in [-0.2, 0) is 25.7 Å². The zero-order valence-electron chi connectivity index (χ0n) is 11.8. The number of esters is 1. The number of carbonyl (C=O) groups is 3. The first-order valence-electron chi connectivity index (χ1n) is 6.60. The van der Waals surface area contributed by atoms with Crippen molar-refractivity contribution in [3.8, 4) is 0 Å². The molecule has 5 nitrogen and oxygen atoms in total. The van der Waals surface area contributed by atoms with Crippen LogP contribution in [0.25, 0.3) is 0 Å². The number of carbonyl (C=O) groups excluding carboxylic acids is 3. The molecule has 1 unspecified atom stereocenters. The van der Waals surface area contributed by atoms with E-state index >= 15 is 0 Å². The average Bonchev–Trinajstić information content (AvgIpc) is 2.45. The number of aliphatic hydroxyl groups is 1. The molecule has 0 saturated carbocycles. The van der Waals surface area contributed by atoms with Gasteiger partial charge in [-0.3, -0.25) is 9.59 Å². The van der Waals surface area contributed by atoms with Gasteiger partial charge in [0.05, 0.1) is 6.10 Å². The van der Waals surface area contributed by atoms with Gasteiger partial charge in [-0.25, -0.2) is 4.79 Å². The quantitative estimate of drug-likeness (QED) is 0.446. The van der Waals surface area contributed by atoms with Gasteiger partial charge in [-0.15, -0.1) is 0 Å². The summed E-state index contributed by atoms with van der Waals surface area (Å²) in [5.41, 5.74) is 0.766. The van der Waals surface area contributed by atoms with Gasteiger partial charge in [-0.2, -0.15) is 0 Å². The number of ketones is 2. The van der Waals surface area contributed by atoms with Crippen LogP contribution in [0.1, 0.15) is 25.3 Å². The molecule has 0 bridgehead atoms. The fraction of sp³-hybridized carbons (Fsp3) is 0.312. The van der Waals surface area contributed by atoms with Crippen LogP contribution < -0.4 is 0 Å². The van der Waals surface area contributed by atoms with E-state index in [4.69, 9.17) is 4.74 Å². The van der Waals surface area contributed by atoms with Crippen molar-refractivity contribution in [2.24, 2.45) is 0 Å². The van der Waals surface area contributed by atoms with Crippen molar-refractivity contribution < 1.29 is 24.2 Å². The first-order valence-corrected chi connectivity index (χ1v) is 6.60. The molecule has 0 aromatic heterocycles. The minimum Gasteiger partial charge on any atom is -0.455 e. The lowest BCUT2D eigenvalue weighted by Gasteiger charge is -2.08. The lowest BCUT2D eigenvalue weighted by molar-refractivity contribution is -0.155. The maximum atomic E-state index is 11.6. The summed E-state index contributed by atoms with van der Waals surface area (Å²) < 4.78 is 4.84. The van der Waals surface area contributed by atoms with Gasteiger partial charge in [0.2, 0.25) is 5.78 Å². The van der Waals surface area contributed by atoms with E-state index in [1.54, 1.807) is 37.3 Å². The first-order chi connectivity index (χ1) is 10.0. The Morgan fingerprint density at radius 2 is 1.86 bits per heavy atom. The van der Waals surface area contributed by atoms with Crippen LogP contribution in [-0.4, -0.2) is 28.7 Å².